The van der Waals surface area contributed by atoms with Crippen molar-refractivity contribution in [3.05, 3.63) is 47.5 Å². The predicted molar refractivity (Wildman–Crippen MR) is 90.9 cm³/mol. The van der Waals surface area contributed by atoms with Crippen molar-refractivity contribution in [2.45, 2.75) is 12.2 Å². The van der Waals surface area contributed by atoms with Crippen LogP contribution >= 0.6 is 0 Å². The Hall–Kier alpha value is -2.73. The lowest BCUT2D eigenvalue weighted by Crippen LogP contribution is -2.44. The van der Waals surface area contributed by atoms with Crippen molar-refractivity contribution < 1.29 is 28.5 Å². The summed E-state index contributed by atoms with van der Waals surface area (Å²) in [5, 5.41) is 0. The van der Waals surface area contributed by atoms with Crippen molar-refractivity contribution in [3.8, 4) is 23.0 Å². The van der Waals surface area contributed by atoms with Crippen molar-refractivity contribution in [2.24, 2.45) is 0 Å². The van der Waals surface area contributed by atoms with E-state index in [0.29, 0.717) is 22.8 Å². The van der Waals surface area contributed by atoms with E-state index in [9.17, 15) is 4.79 Å². The molecule has 0 aliphatic carbocycles. The van der Waals surface area contributed by atoms with Gasteiger partial charge >= 0.3 is 0 Å². The van der Waals surface area contributed by atoms with Crippen molar-refractivity contribution in [2.75, 3.05) is 28.4 Å². The van der Waals surface area contributed by atoms with Crippen LogP contribution in [0.3, 0.4) is 0 Å². The van der Waals surface area contributed by atoms with Crippen molar-refractivity contribution in [3.63, 3.8) is 0 Å². The molecule has 1 aliphatic rings. The van der Waals surface area contributed by atoms with Crippen LogP contribution in [-0.4, -0.2) is 40.0 Å². The Morgan fingerprint density at radius 2 is 1.60 bits per heavy atom. The van der Waals surface area contributed by atoms with Gasteiger partial charge in [0.05, 0.1) is 21.3 Å². The topological polar surface area (TPSA) is 63.2 Å². The Kier molecular flexibility index (Phi) is 4.55. The van der Waals surface area contributed by atoms with Gasteiger partial charge in [0.2, 0.25) is 5.78 Å². The van der Waals surface area contributed by atoms with Gasteiger partial charge in [0.1, 0.15) is 28.6 Å². The van der Waals surface area contributed by atoms with Crippen LogP contribution in [-0.2, 0) is 11.2 Å². The van der Waals surface area contributed by atoms with E-state index < -0.39 is 5.79 Å². The molecule has 0 spiro atoms. The summed E-state index contributed by atoms with van der Waals surface area (Å²) in [6.45, 7) is 0. The molecule has 0 aromatic heterocycles. The first-order chi connectivity index (χ1) is 12.1. The van der Waals surface area contributed by atoms with E-state index in [-0.39, 0.29) is 12.2 Å². The quantitative estimate of drug-likeness (QED) is 0.803. The molecule has 0 amide bonds. The van der Waals surface area contributed by atoms with Gasteiger partial charge in [-0.2, -0.15) is 0 Å². The van der Waals surface area contributed by atoms with E-state index in [2.05, 4.69) is 0 Å². The molecule has 0 saturated carbocycles. The van der Waals surface area contributed by atoms with Gasteiger partial charge in [0.25, 0.3) is 5.79 Å². The van der Waals surface area contributed by atoms with Crippen LogP contribution in [0.4, 0.5) is 0 Å². The number of ether oxygens (including phenoxy) is 5. The maximum atomic E-state index is 13.1. The summed E-state index contributed by atoms with van der Waals surface area (Å²) >= 11 is 0. The zero-order valence-electron chi connectivity index (χ0n) is 14.6. The first-order valence-corrected chi connectivity index (χ1v) is 7.75. The van der Waals surface area contributed by atoms with Crippen LogP contribution < -0.4 is 18.9 Å². The molecule has 2 aromatic rings. The van der Waals surface area contributed by atoms with E-state index in [0.717, 1.165) is 11.3 Å². The van der Waals surface area contributed by atoms with Crippen LogP contribution in [0, 0.1) is 0 Å². The normalized spacial score (nSPS) is 18.5. The van der Waals surface area contributed by atoms with Gasteiger partial charge in [-0.1, -0.05) is 12.1 Å². The van der Waals surface area contributed by atoms with Gasteiger partial charge in [-0.25, -0.2) is 0 Å². The molecule has 0 N–H and O–H groups in total. The number of fused-ring (bicyclic) bond motifs is 1. The second-order valence-corrected chi connectivity index (χ2v) is 5.62. The average molecular weight is 344 g/mol. The minimum absolute atomic E-state index is 0.256. The van der Waals surface area contributed by atoms with Crippen LogP contribution in [0.2, 0.25) is 0 Å². The lowest BCUT2D eigenvalue weighted by atomic mass is 9.98. The highest BCUT2D eigenvalue weighted by Crippen LogP contribution is 2.44. The first-order valence-electron chi connectivity index (χ1n) is 7.75. The first kappa shape index (κ1) is 17.1. The maximum Gasteiger partial charge on any atom is 0.279 e. The fourth-order valence-corrected chi connectivity index (χ4v) is 2.90. The van der Waals surface area contributed by atoms with Crippen molar-refractivity contribution in [1.29, 1.82) is 0 Å². The maximum absolute atomic E-state index is 13.1. The molecule has 1 unspecified atom stereocenters. The molecule has 132 valence electrons. The summed E-state index contributed by atoms with van der Waals surface area (Å²) in [5.74, 6) is 0.351. The summed E-state index contributed by atoms with van der Waals surface area (Å²) in [7, 11) is 6.10. The predicted octanol–water partition coefficient (Wildman–Crippen LogP) is 2.87. The SMILES string of the molecule is COc1ccc(CC2(OC)Oc3cc(OC)cc(OC)c3C2=O)cc1. The number of methoxy groups -OCH3 is 4. The van der Waals surface area contributed by atoms with Crippen LogP contribution in [0.15, 0.2) is 36.4 Å². The minimum Gasteiger partial charge on any atom is -0.497 e. The number of benzene rings is 2. The largest absolute Gasteiger partial charge is 0.497 e. The summed E-state index contributed by atoms with van der Waals surface area (Å²) in [5.41, 5.74) is 1.24. The number of hydrogen-bond donors (Lipinski definition) is 0. The number of Topliss-reactive ketones (excluding diaryl/α,β-unsaturated/α-hetero) is 1. The number of hydrogen-bond acceptors (Lipinski definition) is 6. The lowest BCUT2D eigenvalue weighted by Gasteiger charge is -2.25. The smallest absolute Gasteiger partial charge is 0.279 e. The highest BCUT2D eigenvalue weighted by molar-refractivity contribution is 6.09. The number of ketones is 1. The van der Waals surface area contributed by atoms with E-state index in [1.807, 2.05) is 24.3 Å². The second-order valence-electron chi connectivity index (χ2n) is 5.62. The molecule has 6 nitrogen and oxygen atoms in total. The number of carbonyl (C=O) groups is 1. The Labute approximate surface area is 146 Å². The molecule has 0 fully saturated rings. The van der Waals surface area contributed by atoms with E-state index in [4.69, 9.17) is 23.7 Å². The fraction of sp³-hybridized carbons (Fsp3) is 0.316. The summed E-state index contributed by atoms with van der Waals surface area (Å²) in [6.07, 6.45) is 0.256. The highest BCUT2D eigenvalue weighted by Gasteiger charge is 2.50. The van der Waals surface area contributed by atoms with Crippen LogP contribution in [0.1, 0.15) is 15.9 Å². The average Bonchev–Trinajstić information content (AvgIpc) is 2.93. The molecule has 25 heavy (non-hydrogen) atoms. The molecule has 0 radical (unpaired) electrons. The van der Waals surface area contributed by atoms with Gasteiger partial charge < -0.3 is 23.7 Å². The lowest BCUT2D eigenvalue weighted by molar-refractivity contribution is -0.117. The molecule has 1 atom stereocenters. The van der Waals surface area contributed by atoms with Gasteiger partial charge in [0.15, 0.2) is 0 Å². The molecule has 1 aliphatic heterocycles. The number of carbonyl (C=O) groups excluding carboxylic acids is 1. The second kappa shape index (κ2) is 6.64. The number of rotatable bonds is 6. The van der Waals surface area contributed by atoms with E-state index in [1.165, 1.54) is 14.2 Å². The summed E-state index contributed by atoms with van der Waals surface area (Å²) < 4.78 is 27.2. The summed E-state index contributed by atoms with van der Waals surface area (Å²) in [4.78, 5) is 13.1. The minimum atomic E-state index is -1.43. The Morgan fingerprint density at radius 3 is 2.16 bits per heavy atom. The third-order valence-electron chi connectivity index (χ3n) is 4.27. The van der Waals surface area contributed by atoms with Gasteiger partial charge in [-0.05, 0) is 17.7 Å². The molecule has 0 saturated heterocycles. The van der Waals surface area contributed by atoms with Gasteiger partial charge in [-0.15, -0.1) is 0 Å². The Morgan fingerprint density at radius 1 is 0.920 bits per heavy atom. The zero-order valence-corrected chi connectivity index (χ0v) is 14.6. The molecule has 1 heterocycles. The van der Waals surface area contributed by atoms with Crippen molar-refractivity contribution in [1.82, 2.24) is 0 Å². The molecular weight excluding hydrogens is 324 g/mol. The molecule has 0 bridgehead atoms. The van der Waals surface area contributed by atoms with Gasteiger partial charge in [-0.3, -0.25) is 4.79 Å². The van der Waals surface area contributed by atoms with E-state index in [1.54, 1.807) is 26.4 Å². The van der Waals surface area contributed by atoms with Gasteiger partial charge in [0, 0.05) is 25.7 Å². The van der Waals surface area contributed by atoms with Crippen LogP contribution in [0.5, 0.6) is 23.0 Å². The Bertz CT molecular complexity index is 783. The van der Waals surface area contributed by atoms with Crippen molar-refractivity contribution >= 4 is 5.78 Å². The standard InChI is InChI=1S/C19H20O6/c1-21-13-7-5-12(6-8-13)11-19(24-4)18(20)17-15(23-3)9-14(22-2)10-16(17)25-19/h5-10H,11H2,1-4H3. The third-order valence-corrected chi connectivity index (χ3v) is 4.27. The molecule has 2 aromatic carbocycles. The molecule has 6 heteroatoms. The van der Waals surface area contributed by atoms with E-state index >= 15 is 0 Å². The third kappa shape index (κ3) is 2.89. The summed E-state index contributed by atoms with van der Waals surface area (Å²) in [6, 6.07) is 10.7. The molecular formula is C19H20O6. The zero-order chi connectivity index (χ0) is 18.0. The molecule has 3 rings (SSSR count). The highest BCUT2D eigenvalue weighted by atomic mass is 16.7. The Balaban J connectivity index is 1.98. The fourth-order valence-electron chi connectivity index (χ4n) is 2.90. The monoisotopic (exact) mass is 344 g/mol. The van der Waals surface area contributed by atoms with Crippen LogP contribution in [0.25, 0.3) is 0 Å².